The van der Waals surface area contributed by atoms with Crippen LogP contribution in [0.3, 0.4) is 0 Å². The second kappa shape index (κ2) is 8.73. The van der Waals surface area contributed by atoms with Gasteiger partial charge in [-0.1, -0.05) is 48.5 Å². The van der Waals surface area contributed by atoms with Crippen LogP contribution in [-0.2, 0) is 21.9 Å². The maximum atomic E-state index is 12.3. The van der Waals surface area contributed by atoms with E-state index in [2.05, 4.69) is 5.32 Å². The summed E-state index contributed by atoms with van der Waals surface area (Å²) in [4.78, 5) is 37.4. The number of thioether (sulfide) groups is 1. The van der Waals surface area contributed by atoms with Crippen molar-refractivity contribution in [2.75, 3.05) is 12.3 Å². The number of carbonyl (C=O) groups excluding carboxylic acids is 2. The van der Waals surface area contributed by atoms with E-state index in [-0.39, 0.29) is 18.2 Å². The lowest BCUT2D eigenvalue weighted by molar-refractivity contribution is -0.141. The summed E-state index contributed by atoms with van der Waals surface area (Å²) in [5, 5.41) is 11.9. The fraction of sp³-hybridized carbons (Fsp3) is 0.250. The topological polar surface area (TPSA) is 86.7 Å². The Balaban J connectivity index is 1.50. The molecular formula is C20H20N2O4S. The first-order valence-corrected chi connectivity index (χ1v) is 9.71. The molecule has 2 N–H and O–H groups in total. The molecule has 0 aromatic heterocycles. The van der Waals surface area contributed by atoms with Crippen molar-refractivity contribution in [1.29, 1.82) is 0 Å². The summed E-state index contributed by atoms with van der Waals surface area (Å²) in [6.45, 7) is 0.212. The van der Waals surface area contributed by atoms with Gasteiger partial charge >= 0.3 is 5.97 Å². The van der Waals surface area contributed by atoms with E-state index in [0.717, 1.165) is 11.1 Å². The molecule has 3 rings (SSSR count). The first-order valence-electron chi connectivity index (χ1n) is 8.55. The standard InChI is InChI=1S/C20H20N2O4S/c23-18(11-22-10-15-8-4-5-9-16(15)19(22)24)21-17(20(25)26)13-27-12-14-6-2-1-3-7-14/h1-9,17H,10-13H2,(H,21,23)(H,25,26)/t17-/m0/s1. The van der Waals surface area contributed by atoms with Crippen molar-refractivity contribution < 1.29 is 19.5 Å². The van der Waals surface area contributed by atoms with Gasteiger partial charge in [0.15, 0.2) is 0 Å². The van der Waals surface area contributed by atoms with Crippen molar-refractivity contribution >= 4 is 29.5 Å². The van der Waals surface area contributed by atoms with Gasteiger partial charge in [-0.2, -0.15) is 11.8 Å². The van der Waals surface area contributed by atoms with Gasteiger partial charge in [0.2, 0.25) is 5.91 Å². The highest BCUT2D eigenvalue weighted by Crippen LogP contribution is 2.21. The van der Waals surface area contributed by atoms with Crippen LogP contribution >= 0.6 is 11.8 Å². The molecule has 0 aliphatic carbocycles. The zero-order valence-corrected chi connectivity index (χ0v) is 15.4. The van der Waals surface area contributed by atoms with Gasteiger partial charge in [0.05, 0.1) is 0 Å². The van der Waals surface area contributed by atoms with Crippen molar-refractivity contribution in [2.24, 2.45) is 0 Å². The third-order valence-corrected chi connectivity index (χ3v) is 5.37. The molecule has 0 radical (unpaired) electrons. The van der Waals surface area contributed by atoms with Gasteiger partial charge in [-0.05, 0) is 17.2 Å². The number of fused-ring (bicyclic) bond motifs is 1. The van der Waals surface area contributed by atoms with Crippen molar-refractivity contribution in [3.63, 3.8) is 0 Å². The maximum absolute atomic E-state index is 12.3. The summed E-state index contributed by atoms with van der Waals surface area (Å²) in [5.41, 5.74) is 2.57. The highest BCUT2D eigenvalue weighted by molar-refractivity contribution is 7.98. The van der Waals surface area contributed by atoms with Crippen LogP contribution < -0.4 is 5.32 Å². The van der Waals surface area contributed by atoms with Gasteiger partial charge in [-0.25, -0.2) is 4.79 Å². The second-order valence-corrected chi connectivity index (χ2v) is 7.31. The molecule has 0 bridgehead atoms. The highest BCUT2D eigenvalue weighted by Gasteiger charge is 2.29. The van der Waals surface area contributed by atoms with Crippen molar-refractivity contribution in [3.8, 4) is 0 Å². The Morgan fingerprint density at radius 2 is 1.81 bits per heavy atom. The third-order valence-electron chi connectivity index (χ3n) is 4.26. The average molecular weight is 384 g/mol. The lowest BCUT2D eigenvalue weighted by atomic mass is 10.1. The molecule has 0 fully saturated rings. The van der Waals surface area contributed by atoms with Crippen LogP contribution in [0.2, 0.25) is 0 Å². The minimum absolute atomic E-state index is 0.152. The minimum Gasteiger partial charge on any atom is -0.480 e. The van der Waals surface area contributed by atoms with Crippen LogP contribution in [0, 0.1) is 0 Å². The molecule has 2 aromatic rings. The normalized spacial score (nSPS) is 13.9. The molecule has 27 heavy (non-hydrogen) atoms. The monoisotopic (exact) mass is 384 g/mol. The zero-order valence-electron chi connectivity index (χ0n) is 14.6. The number of benzene rings is 2. The third kappa shape index (κ3) is 4.89. The van der Waals surface area contributed by atoms with Gasteiger partial charge in [0.25, 0.3) is 5.91 Å². The van der Waals surface area contributed by atoms with E-state index < -0.39 is 17.9 Å². The van der Waals surface area contributed by atoms with E-state index in [9.17, 15) is 19.5 Å². The molecule has 2 amide bonds. The predicted molar refractivity (Wildman–Crippen MR) is 103 cm³/mol. The second-order valence-electron chi connectivity index (χ2n) is 6.28. The molecule has 0 unspecified atom stereocenters. The molecule has 1 atom stereocenters. The molecule has 7 heteroatoms. The largest absolute Gasteiger partial charge is 0.480 e. The molecule has 0 saturated carbocycles. The number of hydrogen-bond acceptors (Lipinski definition) is 4. The molecule has 140 valence electrons. The Morgan fingerprint density at radius 1 is 1.11 bits per heavy atom. The van der Waals surface area contributed by atoms with E-state index in [0.29, 0.717) is 17.9 Å². The number of rotatable bonds is 8. The molecule has 1 aliphatic rings. The molecule has 2 aromatic carbocycles. The summed E-state index contributed by atoms with van der Waals surface area (Å²) in [5.74, 6) is -0.834. The minimum atomic E-state index is -1.08. The SMILES string of the molecule is O=C(CN1Cc2ccccc2C1=O)N[C@@H](CSCc1ccccc1)C(=O)O. The fourth-order valence-corrected chi connectivity index (χ4v) is 3.91. The number of carbonyl (C=O) groups is 3. The van der Waals surface area contributed by atoms with Gasteiger partial charge in [0.1, 0.15) is 12.6 Å². The molecule has 0 saturated heterocycles. The fourth-order valence-electron chi connectivity index (χ4n) is 2.90. The Bertz CT molecular complexity index is 841. The Hall–Kier alpha value is -2.80. The van der Waals surface area contributed by atoms with Gasteiger partial charge in [-0.3, -0.25) is 9.59 Å². The summed E-state index contributed by atoms with van der Waals surface area (Å²) in [7, 11) is 0. The maximum Gasteiger partial charge on any atom is 0.327 e. The first-order chi connectivity index (χ1) is 13.0. The summed E-state index contributed by atoms with van der Waals surface area (Å²) in [6, 6.07) is 15.9. The van der Waals surface area contributed by atoms with Gasteiger partial charge < -0.3 is 15.3 Å². The van der Waals surface area contributed by atoms with Crippen molar-refractivity contribution in [2.45, 2.75) is 18.3 Å². The quantitative estimate of drug-likeness (QED) is 0.728. The van der Waals surface area contributed by atoms with Crippen LogP contribution in [0.5, 0.6) is 0 Å². The van der Waals surface area contributed by atoms with E-state index in [1.807, 2.05) is 42.5 Å². The summed E-state index contributed by atoms with van der Waals surface area (Å²) in [6.07, 6.45) is 0. The van der Waals surface area contributed by atoms with E-state index >= 15 is 0 Å². The molecule has 0 spiro atoms. The van der Waals surface area contributed by atoms with Crippen LogP contribution in [0.1, 0.15) is 21.5 Å². The smallest absolute Gasteiger partial charge is 0.327 e. The van der Waals surface area contributed by atoms with Crippen LogP contribution in [0.25, 0.3) is 0 Å². The predicted octanol–water partition coefficient (Wildman–Crippen LogP) is 2.15. The van der Waals surface area contributed by atoms with Crippen LogP contribution in [0.4, 0.5) is 0 Å². The lowest BCUT2D eigenvalue weighted by Gasteiger charge is -2.18. The number of hydrogen-bond donors (Lipinski definition) is 2. The Morgan fingerprint density at radius 3 is 2.52 bits per heavy atom. The van der Waals surface area contributed by atoms with E-state index in [4.69, 9.17) is 0 Å². The number of carboxylic acid groups (broad SMARTS) is 1. The van der Waals surface area contributed by atoms with E-state index in [1.165, 1.54) is 16.7 Å². The molecular weight excluding hydrogens is 364 g/mol. The Labute approximate surface area is 161 Å². The summed E-state index contributed by atoms with van der Waals surface area (Å²) < 4.78 is 0. The number of nitrogens with one attached hydrogen (secondary N) is 1. The number of nitrogens with zero attached hydrogens (tertiary/aromatic N) is 1. The highest BCUT2D eigenvalue weighted by atomic mass is 32.2. The zero-order chi connectivity index (χ0) is 19.2. The van der Waals surface area contributed by atoms with Crippen molar-refractivity contribution in [3.05, 3.63) is 71.3 Å². The number of carboxylic acids is 1. The average Bonchev–Trinajstić information content (AvgIpc) is 2.97. The Kier molecular flexibility index (Phi) is 6.13. The first kappa shape index (κ1) is 19.0. The van der Waals surface area contributed by atoms with Gasteiger partial charge in [0, 0.05) is 23.6 Å². The van der Waals surface area contributed by atoms with Crippen LogP contribution in [0.15, 0.2) is 54.6 Å². The van der Waals surface area contributed by atoms with E-state index in [1.54, 1.807) is 12.1 Å². The van der Waals surface area contributed by atoms with Gasteiger partial charge in [-0.15, -0.1) is 0 Å². The molecule has 1 heterocycles. The lowest BCUT2D eigenvalue weighted by Crippen LogP contribution is -2.47. The number of aliphatic carboxylic acids is 1. The molecule has 1 aliphatic heterocycles. The summed E-state index contributed by atoms with van der Waals surface area (Å²) >= 11 is 1.44. The van der Waals surface area contributed by atoms with Crippen molar-refractivity contribution in [1.82, 2.24) is 10.2 Å². The molecule has 6 nitrogen and oxygen atoms in total. The number of amides is 2. The van der Waals surface area contributed by atoms with Crippen LogP contribution in [-0.4, -0.2) is 46.1 Å².